The van der Waals surface area contributed by atoms with E-state index >= 15 is 0 Å². The number of carbonyl (C=O) groups is 1. The summed E-state index contributed by atoms with van der Waals surface area (Å²) in [4.78, 5) is 11.3. The highest BCUT2D eigenvalue weighted by molar-refractivity contribution is 5.94. The van der Waals surface area contributed by atoms with Crippen LogP contribution in [0, 0.1) is 23.7 Å². The highest BCUT2D eigenvalue weighted by atomic mass is 16.6. The lowest BCUT2D eigenvalue weighted by Crippen LogP contribution is -2.15. The van der Waals surface area contributed by atoms with Crippen molar-refractivity contribution in [3.8, 4) is 0 Å². The predicted octanol–water partition coefficient (Wildman–Crippen LogP) is 6.98. The van der Waals surface area contributed by atoms with E-state index in [0.717, 1.165) is 5.56 Å². The van der Waals surface area contributed by atoms with Crippen LogP contribution in [0.4, 0.5) is 0 Å². The monoisotopic (exact) mass is 358 g/mol. The van der Waals surface area contributed by atoms with E-state index in [2.05, 4.69) is 0 Å². The Morgan fingerprint density at radius 1 is 0.885 bits per heavy atom. The second kappa shape index (κ2) is 9.06. The Balaban J connectivity index is 0.000000159. The molecule has 0 spiro atoms. The minimum atomic E-state index is -0.451. The van der Waals surface area contributed by atoms with Crippen molar-refractivity contribution in [1.29, 1.82) is 0 Å². The zero-order chi connectivity index (χ0) is 19.3. The van der Waals surface area contributed by atoms with Crippen LogP contribution >= 0.6 is 0 Å². The molecule has 26 heavy (non-hydrogen) atoms. The molecule has 4 atom stereocenters. The SMILES string of the molecule is C1CC2C3CCC(C3)C2C1.CC.CC.CC1(C)OC(=O)c2ccccc21. The van der Waals surface area contributed by atoms with Crippen LogP contribution in [0.15, 0.2) is 24.3 Å². The third-order valence-electron chi connectivity index (χ3n) is 6.49. The Morgan fingerprint density at radius 3 is 1.96 bits per heavy atom. The minimum absolute atomic E-state index is 0.212. The maximum absolute atomic E-state index is 11.3. The van der Waals surface area contributed by atoms with E-state index < -0.39 is 5.60 Å². The zero-order valence-electron chi connectivity index (χ0n) is 17.7. The maximum atomic E-state index is 11.3. The smallest absolute Gasteiger partial charge is 0.339 e. The molecule has 1 aromatic rings. The van der Waals surface area contributed by atoms with Gasteiger partial charge in [0.25, 0.3) is 0 Å². The highest BCUT2D eigenvalue weighted by Gasteiger charge is 2.48. The lowest BCUT2D eigenvalue weighted by Gasteiger charge is -2.23. The summed E-state index contributed by atoms with van der Waals surface area (Å²) in [5.41, 5.74) is 1.23. The van der Waals surface area contributed by atoms with Gasteiger partial charge < -0.3 is 4.74 Å². The summed E-state index contributed by atoms with van der Waals surface area (Å²) in [6.45, 7) is 11.8. The summed E-state index contributed by atoms with van der Waals surface area (Å²) in [7, 11) is 0. The molecule has 3 fully saturated rings. The normalized spacial score (nSPS) is 31.2. The van der Waals surface area contributed by atoms with Crippen LogP contribution < -0.4 is 0 Å². The van der Waals surface area contributed by atoms with E-state index in [0.29, 0.717) is 5.56 Å². The van der Waals surface area contributed by atoms with Gasteiger partial charge in [0.2, 0.25) is 0 Å². The van der Waals surface area contributed by atoms with Gasteiger partial charge in [0.1, 0.15) is 5.60 Å². The Morgan fingerprint density at radius 2 is 1.42 bits per heavy atom. The van der Waals surface area contributed by atoms with Gasteiger partial charge in [-0.15, -0.1) is 0 Å². The molecule has 1 heterocycles. The van der Waals surface area contributed by atoms with Gasteiger partial charge in [-0.1, -0.05) is 52.3 Å². The van der Waals surface area contributed by atoms with Crippen molar-refractivity contribution in [3.63, 3.8) is 0 Å². The fourth-order valence-electron chi connectivity index (χ4n) is 5.55. The Bertz CT molecular complexity index is 574. The Kier molecular flexibility index (Phi) is 7.32. The summed E-state index contributed by atoms with van der Waals surface area (Å²) in [6.07, 6.45) is 9.53. The maximum Gasteiger partial charge on any atom is 0.339 e. The van der Waals surface area contributed by atoms with Crippen LogP contribution in [-0.2, 0) is 10.3 Å². The van der Waals surface area contributed by atoms with E-state index in [4.69, 9.17) is 4.74 Å². The average Bonchev–Trinajstić information content (AvgIpc) is 3.42. The fourth-order valence-corrected chi connectivity index (χ4v) is 5.55. The first-order chi connectivity index (χ1) is 12.6. The quantitative estimate of drug-likeness (QED) is 0.468. The van der Waals surface area contributed by atoms with E-state index in [1.807, 2.05) is 59.7 Å². The van der Waals surface area contributed by atoms with Gasteiger partial charge >= 0.3 is 5.97 Å². The third kappa shape index (κ3) is 4.00. The van der Waals surface area contributed by atoms with Crippen LogP contribution in [0.2, 0.25) is 0 Å². The first-order valence-corrected chi connectivity index (χ1v) is 10.9. The van der Waals surface area contributed by atoms with Gasteiger partial charge in [-0.3, -0.25) is 0 Å². The number of cyclic esters (lactones) is 1. The van der Waals surface area contributed by atoms with Crippen LogP contribution in [0.25, 0.3) is 0 Å². The van der Waals surface area contributed by atoms with E-state index in [-0.39, 0.29) is 5.97 Å². The number of benzene rings is 1. The van der Waals surface area contributed by atoms with Gasteiger partial charge in [0.05, 0.1) is 5.56 Å². The first kappa shape index (κ1) is 21.0. The number of esters is 1. The fraction of sp³-hybridized carbons (Fsp3) is 0.708. The molecule has 3 aliphatic carbocycles. The van der Waals surface area contributed by atoms with Gasteiger partial charge in [-0.05, 0) is 75.7 Å². The number of fused-ring (bicyclic) bond motifs is 6. The van der Waals surface area contributed by atoms with Crippen molar-refractivity contribution in [2.24, 2.45) is 23.7 Å². The Hall–Kier alpha value is -1.31. The topological polar surface area (TPSA) is 26.3 Å². The van der Waals surface area contributed by atoms with Crippen molar-refractivity contribution >= 4 is 5.97 Å². The largest absolute Gasteiger partial charge is 0.451 e. The number of rotatable bonds is 0. The van der Waals surface area contributed by atoms with Crippen LogP contribution in [-0.4, -0.2) is 5.97 Å². The number of carbonyl (C=O) groups excluding carboxylic acids is 1. The molecule has 0 amide bonds. The highest BCUT2D eigenvalue weighted by Crippen LogP contribution is 2.58. The molecule has 4 aliphatic rings. The number of hydrogen-bond donors (Lipinski definition) is 0. The average molecular weight is 359 g/mol. The van der Waals surface area contributed by atoms with Gasteiger partial charge in [0, 0.05) is 5.56 Å². The van der Waals surface area contributed by atoms with Gasteiger partial charge in [-0.25, -0.2) is 4.79 Å². The predicted molar refractivity (Wildman–Crippen MR) is 109 cm³/mol. The molecule has 0 radical (unpaired) electrons. The summed E-state index contributed by atoms with van der Waals surface area (Å²) in [5, 5.41) is 0. The molecule has 1 aromatic carbocycles. The molecular weight excluding hydrogens is 320 g/mol. The van der Waals surface area contributed by atoms with Crippen molar-refractivity contribution in [2.45, 2.75) is 85.7 Å². The minimum Gasteiger partial charge on any atom is -0.451 e. The van der Waals surface area contributed by atoms with Crippen LogP contribution in [0.3, 0.4) is 0 Å². The van der Waals surface area contributed by atoms with Crippen LogP contribution in [0.1, 0.15) is 96.0 Å². The van der Waals surface area contributed by atoms with Crippen LogP contribution in [0.5, 0.6) is 0 Å². The molecule has 0 saturated heterocycles. The number of hydrogen-bond acceptors (Lipinski definition) is 2. The molecule has 4 unspecified atom stereocenters. The molecule has 5 rings (SSSR count). The molecule has 2 bridgehead atoms. The standard InChI is InChI=1S/C10H10O2.C10H16.2C2H6/c1-10(2)8-6-4-3-5-7(8)9(11)12-10;1-2-9-7-4-5-8(6-7)10(9)3-1;2*1-2/h3-6H,1-2H3;7-10H,1-6H2;2*1-2H3. The van der Waals surface area contributed by atoms with Gasteiger partial charge in [-0.2, -0.15) is 0 Å². The number of ether oxygens (including phenoxy) is 1. The van der Waals surface area contributed by atoms with E-state index in [9.17, 15) is 4.79 Å². The molecular formula is C24H38O2. The third-order valence-corrected chi connectivity index (χ3v) is 6.49. The Labute approximate surface area is 160 Å². The second-order valence-corrected chi connectivity index (χ2v) is 8.04. The van der Waals surface area contributed by atoms with Crippen molar-refractivity contribution < 1.29 is 9.53 Å². The molecule has 3 saturated carbocycles. The van der Waals surface area contributed by atoms with Crippen molar-refractivity contribution in [1.82, 2.24) is 0 Å². The molecule has 2 nitrogen and oxygen atoms in total. The van der Waals surface area contributed by atoms with E-state index in [1.165, 1.54) is 23.7 Å². The zero-order valence-corrected chi connectivity index (χ0v) is 17.7. The summed E-state index contributed by atoms with van der Waals surface area (Å²) in [5.74, 6) is 4.59. The molecule has 0 N–H and O–H groups in total. The van der Waals surface area contributed by atoms with Gasteiger partial charge in [0.15, 0.2) is 0 Å². The van der Waals surface area contributed by atoms with Crippen molar-refractivity contribution in [3.05, 3.63) is 35.4 Å². The summed E-state index contributed by atoms with van der Waals surface area (Å²) >= 11 is 0. The lowest BCUT2D eigenvalue weighted by molar-refractivity contribution is 0.00954. The molecule has 1 aliphatic heterocycles. The molecule has 146 valence electrons. The molecule has 0 aromatic heterocycles. The second-order valence-electron chi connectivity index (χ2n) is 8.04. The first-order valence-electron chi connectivity index (χ1n) is 10.9. The summed E-state index contributed by atoms with van der Waals surface area (Å²) < 4.78 is 5.18. The molecule has 2 heteroatoms. The van der Waals surface area contributed by atoms with E-state index in [1.54, 1.807) is 44.6 Å². The van der Waals surface area contributed by atoms with Crippen molar-refractivity contribution in [2.75, 3.05) is 0 Å². The summed E-state index contributed by atoms with van der Waals surface area (Å²) in [6, 6.07) is 7.50. The lowest BCUT2D eigenvalue weighted by atomic mass is 9.82.